The number of halogens is 4. The van der Waals surface area contributed by atoms with Crippen LogP contribution in [0.15, 0.2) is 174 Å². The van der Waals surface area contributed by atoms with E-state index in [0.717, 1.165) is 145 Å². The number of piperidine rings is 3. The molecule has 6 aromatic rings. The summed E-state index contributed by atoms with van der Waals surface area (Å²) in [6.07, 6.45) is 48.2. The number of aromatic nitrogens is 4. The first-order valence-electron chi connectivity index (χ1n) is 47.7. The van der Waals surface area contributed by atoms with Crippen LogP contribution in [-0.4, -0.2) is 272 Å². The van der Waals surface area contributed by atoms with Gasteiger partial charge in [-0.05, 0) is 244 Å². The zero-order valence-electron chi connectivity index (χ0n) is 80.9. The topological polar surface area (TPSA) is 324 Å². The molecule has 12 fully saturated rings. The van der Waals surface area contributed by atoms with Crippen molar-refractivity contribution in [1.29, 1.82) is 0 Å². The molecule has 12 aliphatic rings. The highest BCUT2D eigenvalue weighted by Crippen LogP contribution is 2.50. The Morgan fingerprint density at radius 1 is 0.473 bits per heavy atom. The zero-order chi connectivity index (χ0) is 96.0. The number of rotatable bonds is 7. The van der Waals surface area contributed by atoms with Crippen molar-refractivity contribution in [3.8, 4) is 0 Å². The Hall–Kier alpha value is -6.60. The molecule has 1 spiro atoms. The number of ether oxygens (including phenoxy) is 3. The first-order chi connectivity index (χ1) is 62.7. The standard InChI is InChI=1S/C7H5F3.C7H13NO.C7H13N.C6H6FNO2S.C6H7NO2S.C6H11NO2.C6H13NO.C6H13N.C6H7N.C6H13N.C6H12.C5H12N2.C5H11N.C5H5N.C4H4N2.C3H6O.C3H6.C3H8.C2H7N.CH4/c8-7(9,10)6-4-2-1-3-5-6;1-8-5-2-3-7(8)4-6-9;1-2-7(3-4-7)6-8-5-1;7-5-1-3-6(4-2-5)11(8,9)10;7-10(8,9)6-4-2-1-3-5-6;8-4-1-7-2-5-9-6-3-7;1-2-7-3-5-8-6-4-7;1-7-5-3-2-4-6-7;1-6-4-2-3-5-7-6;7-6-4-2-1-3-5-6;1-2-4-6-5-3-1;1-7-4-2-6-3-5-7;2*1-2-4-6-5-3-1;1-2-5-4-6-3-1;1-2-4-3-1;1-2-3-1;2*1-3-2;/h1-5H;6-7H,2-5H2,1H3;8H,1-6H2;1-4H,(H2,8,9,10);1-5H,(H2,7,8,9);4H,1-3,5-6H2;2-6H2,1H3;2-6H2,1H3;2-5H,1H3;6H,1-5,7H2;1-6H2;6H,2-5H2,1H3;6H,1-5H2;1-5H;1-4H;1-3H2;1-3H2;3H2,1-2H3;3H,1-2H3;1H4. The van der Waals surface area contributed by atoms with Crippen LogP contribution in [0.25, 0.3) is 0 Å². The molecule has 11 heterocycles. The lowest BCUT2D eigenvalue weighted by atomic mass is 9.97. The number of aldehydes is 2. The Morgan fingerprint density at radius 3 is 1.15 bits per heavy atom. The maximum atomic E-state index is 12.2. The maximum absolute atomic E-state index is 12.2. The number of likely N-dealkylation sites (tertiary alicyclic amines) is 2. The number of hydrogen-bond acceptors (Lipinski definition) is 23. The van der Waals surface area contributed by atoms with Crippen LogP contribution in [0.1, 0.15) is 226 Å². The fourth-order valence-electron chi connectivity index (χ4n) is 12.7. The molecule has 3 aromatic carbocycles. The lowest BCUT2D eigenvalue weighted by Crippen LogP contribution is -2.40. The number of aryl methyl sites for hydroxylation is 1. The predicted octanol–water partition coefficient (Wildman–Crippen LogP) is 16.6. The van der Waals surface area contributed by atoms with Gasteiger partial charge in [-0.1, -0.05) is 185 Å². The van der Waals surface area contributed by atoms with E-state index >= 15 is 0 Å². The number of piperazine rings is 1. The SMILES string of the molecule is C.C1CC1.C1CCCCC1.C1CCNCC1.C1CNCC2(C1)CC2.C1COC1.CCC.CCN1CCOCC1.CN1CCCC1CC=O.CN1CCCCC1.CN1CCNCC1.CNC.Cc1ccccn1.FC(F)(F)c1ccccc1.NC1CCCCC1.NS(=O)(=O)c1ccc(F)cc1.NS(=O)(=O)c1ccccc1.O=CCN1CCOCC1.c1ccncc1.c1cncnc1. The molecular weight excluding hydrogens is 1710 g/mol. The minimum atomic E-state index is -4.21. The Bertz CT molecular complexity index is 3440. The summed E-state index contributed by atoms with van der Waals surface area (Å²) in [6.45, 7) is 33.2. The van der Waals surface area contributed by atoms with Gasteiger partial charge in [0.2, 0.25) is 20.0 Å². The quantitative estimate of drug-likeness (QED) is 0.0577. The molecular formula is C100H176F4N16O9S2. The van der Waals surface area contributed by atoms with Gasteiger partial charge in [-0.15, -0.1) is 0 Å². The molecule has 18 rings (SSSR count). The van der Waals surface area contributed by atoms with Crippen LogP contribution in [-0.2, 0) is 50.0 Å². The van der Waals surface area contributed by atoms with Gasteiger partial charge in [-0.25, -0.2) is 41.5 Å². The van der Waals surface area contributed by atoms with Crippen molar-refractivity contribution < 1.29 is 58.2 Å². The molecule has 131 heavy (non-hydrogen) atoms. The van der Waals surface area contributed by atoms with Crippen molar-refractivity contribution in [2.45, 2.75) is 249 Å². The van der Waals surface area contributed by atoms with E-state index in [-0.39, 0.29) is 17.2 Å². The minimum Gasteiger partial charge on any atom is -0.381 e. The largest absolute Gasteiger partial charge is 0.416 e. The first kappa shape index (κ1) is 126. The number of primary sulfonamides is 2. The predicted molar refractivity (Wildman–Crippen MR) is 533 cm³/mol. The number of nitrogens with zero attached hydrogens (tertiary/aromatic N) is 9. The molecule has 1 unspecified atom stereocenters. The van der Waals surface area contributed by atoms with Gasteiger partial charge >= 0.3 is 6.18 Å². The number of nitrogens with one attached hydrogen (secondary N) is 4. The number of hydrogen-bond donors (Lipinski definition) is 7. The molecule has 4 aliphatic carbocycles. The molecule has 0 amide bonds. The lowest BCUT2D eigenvalue weighted by Gasteiger charge is -2.24. The van der Waals surface area contributed by atoms with E-state index < -0.39 is 37.6 Å². The Morgan fingerprint density at radius 2 is 0.893 bits per heavy atom. The average molecular weight is 1890 g/mol. The van der Waals surface area contributed by atoms with Gasteiger partial charge < -0.3 is 65.5 Å². The summed E-state index contributed by atoms with van der Waals surface area (Å²) >= 11 is 0. The van der Waals surface area contributed by atoms with Gasteiger partial charge in [0.05, 0.1) is 48.3 Å². The number of carbonyl (C=O) groups is 2. The van der Waals surface area contributed by atoms with Crippen molar-refractivity contribution in [3.05, 3.63) is 182 Å². The minimum absolute atomic E-state index is 0. The number of alkyl halides is 3. The molecule has 25 nitrogen and oxygen atoms in total. The number of pyridine rings is 2. The van der Waals surface area contributed by atoms with E-state index in [1.165, 1.54) is 276 Å². The van der Waals surface area contributed by atoms with Crippen molar-refractivity contribution in [1.82, 2.24) is 65.7 Å². The molecule has 3 aromatic heterocycles. The van der Waals surface area contributed by atoms with Crippen LogP contribution < -0.4 is 37.3 Å². The van der Waals surface area contributed by atoms with Crippen LogP contribution in [0.4, 0.5) is 17.6 Å². The van der Waals surface area contributed by atoms with E-state index in [1.807, 2.05) is 57.4 Å². The van der Waals surface area contributed by atoms with Gasteiger partial charge in [0.15, 0.2) is 0 Å². The number of nitrogens with two attached hydrogens (primary N) is 3. The second-order valence-electron chi connectivity index (χ2n) is 33.2. The third-order valence-corrected chi connectivity index (χ3v) is 22.8. The van der Waals surface area contributed by atoms with Crippen molar-refractivity contribution in [3.63, 3.8) is 0 Å². The molecule has 8 saturated heterocycles. The Balaban J connectivity index is 0. The van der Waals surface area contributed by atoms with Gasteiger partial charge in [0.25, 0.3) is 0 Å². The lowest BCUT2D eigenvalue weighted by molar-refractivity contribution is -0.137. The Labute approximate surface area is 790 Å². The summed E-state index contributed by atoms with van der Waals surface area (Å²) in [5.74, 6) is -0.489. The average Bonchev–Trinajstić information content (AvgIpc) is 1.65. The summed E-state index contributed by atoms with van der Waals surface area (Å²) in [5.41, 5.74) is 6.92. The smallest absolute Gasteiger partial charge is 0.381 e. The normalized spacial score (nSPS) is 18.6. The van der Waals surface area contributed by atoms with Crippen LogP contribution >= 0.6 is 0 Å². The summed E-state index contributed by atoms with van der Waals surface area (Å²) in [6, 6.07) is 33.0. The van der Waals surface area contributed by atoms with Gasteiger partial charge in [-0.3, -0.25) is 19.8 Å². The second-order valence-corrected chi connectivity index (χ2v) is 36.3. The van der Waals surface area contributed by atoms with E-state index in [2.05, 4.69) is 108 Å². The molecule has 10 N–H and O–H groups in total. The highest BCUT2D eigenvalue weighted by molar-refractivity contribution is 7.89. The molecule has 31 heteroatoms. The number of carbonyl (C=O) groups excluding carboxylic acids is 2. The molecule has 8 aliphatic heterocycles. The Kier molecular flexibility index (Phi) is 84.4. The third-order valence-electron chi connectivity index (χ3n) is 20.9. The fraction of sp³-hybridized carbons (Fsp3) is 0.660. The monoisotopic (exact) mass is 1890 g/mol. The van der Waals surface area contributed by atoms with E-state index in [0.29, 0.717) is 18.6 Å². The van der Waals surface area contributed by atoms with Crippen LogP contribution in [0.3, 0.4) is 0 Å². The second kappa shape index (κ2) is 87.4. The molecule has 4 saturated carbocycles. The number of benzene rings is 3. The van der Waals surface area contributed by atoms with Crippen molar-refractivity contribution in [2.75, 3.05) is 186 Å². The maximum Gasteiger partial charge on any atom is 0.416 e. The highest BCUT2D eigenvalue weighted by atomic mass is 32.2. The van der Waals surface area contributed by atoms with Gasteiger partial charge in [-0.2, -0.15) is 13.2 Å². The highest BCUT2D eigenvalue weighted by Gasteiger charge is 2.42. The molecule has 0 bridgehead atoms. The molecule has 1 atom stereocenters. The van der Waals surface area contributed by atoms with Crippen LogP contribution in [0, 0.1) is 18.2 Å². The van der Waals surface area contributed by atoms with Crippen LogP contribution in [0.2, 0.25) is 0 Å². The van der Waals surface area contributed by atoms with Gasteiger partial charge in [0, 0.05) is 127 Å². The molecule has 750 valence electrons. The van der Waals surface area contributed by atoms with Crippen molar-refractivity contribution in [2.24, 2.45) is 21.4 Å². The number of sulfonamides is 2. The number of likely N-dealkylation sites (N-methyl/N-ethyl adjacent to an activating group) is 2. The van der Waals surface area contributed by atoms with Crippen molar-refractivity contribution >= 4 is 32.6 Å². The third kappa shape index (κ3) is 83.7. The summed E-state index contributed by atoms with van der Waals surface area (Å²) < 4.78 is 105. The van der Waals surface area contributed by atoms with Crippen LogP contribution in [0.5, 0.6) is 0 Å². The van der Waals surface area contributed by atoms with E-state index in [4.69, 9.17) is 30.2 Å². The summed E-state index contributed by atoms with van der Waals surface area (Å²) in [7, 11) is 2.99. The molecule has 0 radical (unpaired) electrons. The van der Waals surface area contributed by atoms with Gasteiger partial charge in [0.1, 0.15) is 24.7 Å². The van der Waals surface area contributed by atoms with E-state index in [9.17, 15) is 44.0 Å². The summed E-state index contributed by atoms with van der Waals surface area (Å²) in [4.78, 5) is 46.7. The first-order valence-corrected chi connectivity index (χ1v) is 50.8. The zero-order valence-corrected chi connectivity index (χ0v) is 82.6. The fourth-order valence-corrected chi connectivity index (χ4v) is 13.7. The summed E-state index contributed by atoms with van der Waals surface area (Å²) in [5, 5.41) is 22.3. The van der Waals surface area contributed by atoms with E-state index in [1.54, 1.807) is 61.3 Å². The number of morpholine rings is 2.